The maximum absolute atomic E-state index is 15.3. The lowest BCUT2D eigenvalue weighted by molar-refractivity contribution is 0.599. The second kappa shape index (κ2) is 7.02. The number of aromatic nitrogens is 3. The van der Waals surface area contributed by atoms with Crippen LogP contribution in [-0.4, -0.2) is 23.0 Å². The first-order chi connectivity index (χ1) is 13.8. The van der Waals surface area contributed by atoms with E-state index in [1.54, 1.807) is 29.9 Å². The van der Waals surface area contributed by atoms with E-state index in [-0.39, 0.29) is 27.0 Å². The molecule has 0 saturated carbocycles. The van der Waals surface area contributed by atoms with Crippen LogP contribution in [0, 0.1) is 5.82 Å². The van der Waals surface area contributed by atoms with E-state index in [9.17, 15) is 8.42 Å². The van der Waals surface area contributed by atoms with Crippen LogP contribution >= 0.6 is 11.6 Å². The molecule has 0 amide bonds. The Morgan fingerprint density at radius 1 is 1.14 bits per heavy atom. The summed E-state index contributed by atoms with van der Waals surface area (Å²) in [7, 11) is -2.28. The molecule has 0 fully saturated rings. The van der Waals surface area contributed by atoms with Gasteiger partial charge in [-0.3, -0.25) is 4.72 Å². The maximum atomic E-state index is 15.3. The molecule has 4 aromatic rings. The van der Waals surface area contributed by atoms with E-state index in [1.165, 1.54) is 36.7 Å². The van der Waals surface area contributed by atoms with Crippen molar-refractivity contribution in [2.75, 3.05) is 10.5 Å². The van der Waals surface area contributed by atoms with Gasteiger partial charge in [-0.05, 0) is 24.3 Å². The van der Waals surface area contributed by atoms with Crippen LogP contribution in [0.5, 0.6) is 0 Å². The van der Waals surface area contributed by atoms with Gasteiger partial charge >= 0.3 is 0 Å². The normalized spacial score (nSPS) is 11.7. The monoisotopic (exact) mass is 431 g/mol. The van der Waals surface area contributed by atoms with E-state index in [4.69, 9.17) is 17.3 Å². The lowest BCUT2D eigenvalue weighted by Gasteiger charge is -2.12. The summed E-state index contributed by atoms with van der Waals surface area (Å²) >= 11 is 5.87. The molecule has 0 aliphatic rings. The summed E-state index contributed by atoms with van der Waals surface area (Å²) in [5, 5.41) is 0.747. The molecule has 0 bridgehead atoms. The van der Waals surface area contributed by atoms with E-state index in [2.05, 4.69) is 14.7 Å². The van der Waals surface area contributed by atoms with Gasteiger partial charge in [0.05, 0.1) is 16.0 Å². The molecule has 2 heterocycles. The second-order valence-corrected chi connectivity index (χ2v) is 8.46. The molecule has 0 unspecified atom stereocenters. The number of benzene rings is 2. The summed E-state index contributed by atoms with van der Waals surface area (Å²) in [5.41, 5.74) is 6.95. The average molecular weight is 432 g/mol. The predicted octanol–water partition coefficient (Wildman–Crippen LogP) is 3.81. The first-order valence-corrected chi connectivity index (χ1v) is 10.3. The molecule has 0 aliphatic heterocycles. The Bertz CT molecular complexity index is 1350. The van der Waals surface area contributed by atoms with Crippen molar-refractivity contribution >= 4 is 44.2 Å². The van der Waals surface area contributed by atoms with Crippen LogP contribution in [0.25, 0.3) is 22.2 Å². The Morgan fingerprint density at radius 3 is 2.66 bits per heavy atom. The van der Waals surface area contributed by atoms with Crippen molar-refractivity contribution in [3.8, 4) is 11.1 Å². The number of sulfonamides is 1. The van der Waals surface area contributed by atoms with Gasteiger partial charge in [-0.1, -0.05) is 29.8 Å². The Hall–Kier alpha value is -3.17. The number of rotatable bonds is 4. The molecular weight excluding hydrogens is 417 g/mol. The summed E-state index contributed by atoms with van der Waals surface area (Å²) in [4.78, 5) is 8.07. The third-order valence-electron chi connectivity index (χ3n) is 4.42. The van der Waals surface area contributed by atoms with Gasteiger partial charge in [0.2, 0.25) is 0 Å². The van der Waals surface area contributed by atoms with Crippen LogP contribution in [0.15, 0.2) is 59.9 Å². The summed E-state index contributed by atoms with van der Waals surface area (Å²) in [6.45, 7) is 0. The zero-order valence-electron chi connectivity index (χ0n) is 15.1. The SMILES string of the molecule is Cn1cc(-c2cccc(NS(=O)(=O)c3cccc(Cl)c3)c2F)c2c(N)ncnc21. The number of fused-ring (bicyclic) bond motifs is 1. The Balaban J connectivity index is 1.82. The lowest BCUT2D eigenvalue weighted by Crippen LogP contribution is -2.14. The fraction of sp³-hybridized carbons (Fsp3) is 0.0526. The van der Waals surface area contributed by atoms with Crippen LogP contribution in [-0.2, 0) is 17.1 Å². The number of nitrogens with zero attached hydrogens (tertiary/aromatic N) is 3. The van der Waals surface area contributed by atoms with Crippen LogP contribution in [0.2, 0.25) is 5.02 Å². The van der Waals surface area contributed by atoms with Gasteiger partial charge in [0.1, 0.15) is 17.8 Å². The largest absolute Gasteiger partial charge is 0.383 e. The van der Waals surface area contributed by atoms with Crippen LogP contribution in [0.3, 0.4) is 0 Å². The molecule has 3 N–H and O–H groups in total. The molecule has 0 spiro atoms. The minimum absolute atomic E-state index is 0.0717. The zero-order chi connectivity index (χ0) is 20.8. The van der Waals surface area contributed by atoms with Gasteiger partial charge < -0.3 is 10.3 Å². The van der Waals surface area contributed by atoms with Crippen molar-refractivity contribution in [3.63, 3.8) is 0 Å². The van der Waals surface area contributed by atoms with Crippen molar-refractivity contribution in [3.05, 3.63) is 65.8 Å². The molecule has 0 aliphatic carbocycles. The first kappa shape index (κ1) is 19.2. The van der Waals surface area contributed by atoms with Crippen molar-refractivity contribution in [2.24, 2.45) is 7.05 Å². The molecule has 10 heteroatoms. The molecule has 2 aromatic heterocycles. The van der Waals surface area contributed by atoms with Gasteiger partial charge in [0.25, 0.3) is 10.0 Å². The smallest absolute Gasteiger partial charge is 0.262 e. The maximum Gasteiger partial charge on any atom is 0.262 e. The third-order valence-corrected chi connectivity index (χ3v) is 6.02. The highest BCUT2D eigenvalue weighted by molar-refractivity contribution is 7.92. The van der Waals surface area contributed by atoms with E-state index in [1.807, 2.05) is 0 Å². The zero-order valence-corrected chi connectivity index (χ0v) is 16.7. The minimum atomic E-state index is -4.03. The van der Waals surface area contributed by atoms with Crippen molar-refractivity contribution in [1.29, 1.82) is 0 Å². The van der Waals surface area contributed by atoms with Gasteiger partial charge in [-0.25, -0.2) is 22.8 Å². The Morgan fingerprint density at radius 2 is 1.90 bits per heavy atom. The van der Waals surface area contributed by atoms with Gasteiger partial charge in [0.15, 0.2) is 5.82 Å². The van der Waals surface area contributed by atoms with Crippen LogP contribution in [0.1, 0.15) is 0 Å². The summed E-state index contributed by atoms with van der Waals surface area (Å²) in [6, 6.07) is 10.1. The Labute approximate surface area is 171 Å². The lowest BCUT2D eigenvalue weighted by atomic mass is 10.0. The second-order valence-electron chi connectivity index (χ2n) is 6.34. The molecule has 0 saturated heterocycles. The highest BCUT2D eigenvalue weighted by atomic mass is 35.5. The fourth-order valence-electron chi connectivity index (χ4n) is 3.10. The quantitative estimate of drug-likeness (QED) is 0.511. The highest BCUT2D eigenvalue weighted by Crippen LogP contribution is 2.36. The number of nitrogens with one attached hydrogen (secondary N) is 1. The number of halogens is 2. The van der Waals surface area contributed by atoms with Gasteiger partial charge in [-0.2, -0.15) is 0 Å². The number of nitrogen functional groups attached to an aromatic ring is 1. The average Bonchev–Trinajstić information content (AvgIpc) is 3.01. The van der Waals surface area contributed by atoms with E-state index < -0.39 is 15.8 Å². The molecule has 4 rings (SSSR count). The number of hydrogen-bond acceptors (Lipinski definition) is 5. The van der Waals surface area contributed by atoms with Gasteiger partial charge in [0, 0.05) is 29.4 Å². The van der Waals surface area contributed by atoms with E-state index in [0.717, 1.165) is 0 Å². The summed E-state index contributed by atoms with van der Waals surface area (Å²) in [6.07, 6.45) is 3.00. The minimum Gasteiger partial charge on any atom is -0.383 e. The number of aryl methyl sites for hydroxylation is 1. The van der Waals surface area contributed by atoms with Crippen molar-refractivity contribution in [2.45, 2.75) is 4.90 Å². The molecule has 29 heavy (non-hydrogen) atoms. The molecule has 2 aromatic carbocycles. The van der Waals surface area contributed by atoms with Gasteiger partial charge in [-0.15, -0.1) is 0 Å². The fourth-order valence-corrected chi connectivity index (χ4v) is 4.46. The van der Waals surface area contributed by atoms with Crippen molar-refractivity contribution in [1.82, 2.24) is 14.5 Å². The molecule has 148 valence electrons. The molecule has 0 radical (unpaired) electrons. The summed E-state index contributed by atoms with van der Waals surface area (Å²) in [5.74, 6) is -0.538. The number of nitrogens with two attached hydrogens (primary N) is 1. The first-order valence-electron chi connectivity index (χ1n) is 8.40. The third kappa shape index (κ3) is 3.39. The molecule has 0 atom stereocenters. The van der Waals surface area contributed by atoms with Crippen LogP contribution < -0.4 is 10.5 Å². The topological polar surface area (TPSA) is 103 Å². The summed E-state index contributed by atoms with van der Waals surface area (Å²) < 4.78 is 44.6. The predicted molar refractivity (Wildman–Crippen MR) is 111 cm³/mol. The number of hydrogen-bond donors (Lipinski definition) is 2. The van der Waals surface area contributed by atoms with E-state index in [0.29, 0.717) is 16.6 Å². The number of anilines is 2. The van der Waals surface area contributed by atoms with Crippen LogP contribution in [0.4, 0.5) is 15.9 Å². The standard InChI is InChI=1S/C19H15ClFN5O2S/c1-26-9-14(16-18(22)23-10-24-19(16)26)13-6-3-7-15(17(13)21)25-29(27,28)12-5-2-4-11(20)8-12/h2-10,25H,1H3,(H2,22,23,24). The highest BCUT2D eigenvalue weighted by Gasteiger charge is 2.21. The molecular formula is C19H15ClFN5O2S. The molecule has 7 nitrogen and oxygen atoms in total. The Kier molecular flexibility index (Phi) is 4.64. The van der Waals surface area contributed by atoms with E-state index >= 15 is 4.39 Å². The van der Waals surface area contributed by atoms with Crippen molar-refractivity contribution < 1.29 is 12.8 Å².